The number of ether oxygens (including phenoxy) is 1. The van der Waals surface area contributed by atoms with Crippen LogP contribution in [-0.2, 0) is 25.5 Å². The maximum absolute atomic E-state index is 12.2. The summed E-state index contributed by atoms with van der Waals surface area (Å²) in [5.41, 5.74) is 0.875. The van der Waals surface area contributed by atoms with Crippen molar-refractivity contribution in [3.05, 3.63) is 72.2 Å². The van der Waals surface area contributed by atoms with E-state index in [-0.39, 0.29) is 24.9 Å². The molecular formula is C22H22N2O5. The van der Waals surface area contributed by atoms with Gasteiger partial charge in [0.25, 0.3) is 5.91 Å². The molecule has 0 saturated heterocycles. The van der Waals surface area contributed by atoms with Crippen LogP contribution >= 0.6 is 0 Å². The fourth-order valence-electron chi connectivity index (χ4n) is 2.94. The quantitative estimate of drug-likeness (QED) is 0.572. The van der Waals surface area contributed by atoms with Gasteiger partial charge >= 0.3 is 5.97 Å². The van der Waals surface area contributed by atoms with E-state index in [4.69, 9.17) is 9.15 Å². The number of benzene rings is 2. The summed E-state index contributed by atoms with van der Waals surface area (Å²) in [4.78, 5) is 35.8. The maximum Gasteiger partial charge on any atom is 0.325 e. The molecule has 0 aliphatic rings. The summed E-state index contributed by atoms with van der Waals surface area (Å²) in [5.74, 6) is -0.832. The minimum atomic E-state index is -0.683. The first-order chi connectivity index (χ1) is 14.0. The van der Waals surface area contributed by atoms with E-state index in [0.717, 1.165) is 16.3 Å². The molecule has 0 radical (unpaired) electrons. The number of carbonyl (C=O) groups excluding carboxylic acids is 3. The van der Waals surface area contributed by atoms with Gasteiger partial charge in [-0.05, 0) is 35.4 Å². The molecular weight excluding hydrogens is 372 g/mol. The zero-order valence-corrected chi connectivity index (χ0v) is 16.0. The van der Waals surface area contributed by atoms with Crippen molar-refractivity contribution in [3.8, 4) is 0 Å². The van der Waals surface area contributed by atoms with Crippen LogP contribution in [0.4, 0.5) is 0 Å². The van der Waals surface area contributed by atoms with Crippen molar-refractivity contribution in [2.45, 2.75) is 19.4 Å². The smallest absolute Gasteiger partial charge is 0.325 e. The van der Waals surface area contributed by atoms with Crippen molar-refractivity contribution in [3.63, 3.8) is 0 Å². The Labute approximate surface area is 168 Å². The lowest BCUT2D eigenvalue weighted by Crippen LogP contribution is -2.35. The van der Waals surface area contributed by atoms with E-state index in [9.17, 15) is 14.4 Å². The minimum absolute atomic E-state index is 0.149. The van der Waals surface area contributed by atoms with Gasteiger partial charge in [0, 0.05) is 0 Å². The summed E-state index contributed by atoms with van der Waals surface area (Å²) in [5, 5.41) is 7.22. The number of fused-ring (bicyclic) bond motifs is 1. The molecule has 29 heavy (non-hydrogen) atoms. The molecule has 0 spiro atoms. The van der Waals surface area contributed by atoms with E-state index in [1.807, 2.05) is 42.5 Å². The van der Waals surface area contributed by atoms with Crippen molar-refractivity contribution in [2.75, 3.05) is 13.2 Å². The van der Waals surface area contributed by atoms with E-state index in [1.165, 1.54) is 6.26 Å². The third-order valence-electron chi connectivity index (χ3n) is 4.37. The highest BCUT2D eigenvalue weighted by atomic mass is 16.5. The van der Waals surface area contributed by atoms with Gasteiger partial charge in [-0.25, -0.2) is 0 Å². The van der Waals surface area contributed by atoms with E-state index >= 15 is 0 Å². The SMILES string of the molecule is C[C@@H](NC(=O)COC(=O)CNC(=O)Cc1cccc2ccccc12)c1ccco1. The number of nitrogens with one attached hydrogen (secondary N) is 2. The van der Waals surface area contributed by atoms with Crippen LogP contribution in [0.25, 0.3) is 10.8 Å². The number of furan rings is 1. The topological polar surface area (TPSA) is 97.6 Å². The van der Waals surface area contributed by atoms with Gasteiger partial charge in [-0.3, -0.25) is 14.4 Å². The molecule has 3 aromatic rings. The second-order valence-corrected chi connectivity index (χ2v) is 6.56. The van der Waals surface area contributed by atoms with Gasteiger partial charge in [-0.15, -0.1) is 0 Å². The second-order valence-electron chi connectivity index (χ2n) is 6.56. The molecule has 0 unspecified atom stereocenters. The van der Waals surface area contributed by atoms with Gasteiger partial charge in [-0.1, -0.05) is 42.5 Å². The van der Waals surface area contributed by atoms with Crippen molar-refractivity contribution < 1.29 is 23.5 Å². The largest absolute Gasteiger partial charge is 0.467 e. The Morgan fingerprint density at radius 3 is 2.59 bits per heavy atom. The Hall–Kier alpha value is -3.61. The van der Waals surface area contributed by atoms with Gasteiger partial charge < -0.3 is 19.8 Å². The molecule has 0 bridgehead atoms. The van der Waals surface area contributed by atoms with Crippen molar-refractivity contribution >= 4 is 28.6 Å². The van der Waals surface area contributed by atoms with Crippen LogP contribution in [0, 0.1) is 0 Å². The first-order valence-electron chi connectivity index (χ1n) is 9.24. The summed E-state index contributed by atoms with van der Waals surface area (Å²) < 4.78 is 10.1. The van der Waals surface area contributed by atoms with Gasteiger partial charge in [-0.2, -0.15) is 0 Å². The number of hydrogen-bond acceptors (Lipinski definition) is 5. The number of amides is 2. The third kappa shape index (κ3) is 5.68. The Balaban J connectivity index is 1.41. The molecule has 0 aliphatic heterocycles. The summed E-state index contributed by atoms with van der Waals surface area (Å²) >= 11 is 0. The molecule has 3 rings (SSSR count). The summed E-state index contributed by atoms with van der Waals surface area (Å²) in [7, 11) is 0. The van der Waals surface area contributed by atoms with Crippen LogP contribution in [0.2, 0.25) is 0 Å². The molecule has 1 aromatic heterocycles. The summed E-state index contributed by atoms with van der Waals surface area (Å²) in [6.07, 6.45) is 1.66. The zero-order valence-electron chi connectivity index (χ0n) is 16.0. The zero-order chi connectivity index (χ0) is 20.6. The monoisotopic (exact) mass is 394 g/mol. The van der Waals surface area contributed by atoms with Crippen LogP contribution in [0.15, 0.2) is 65.3 Å². The first-order valence-corrected chi connectivity index (χ1v) is 9.24. The van der Waals surface area contributed by atoms with Crippen LogP contribution in [0.1, 0.15) is 24.3 Å². The molecule has 150 valence electrons. The second kappa shape index (κ2) is 9.54. The minimum Gasteiger partial charge on any atom is -0.467 e. The maximum atomic E-state index is 12.2. The van der Waals surface area contributed by atoms with Crippen LogP contribution in [0.3, 0.4) is 0 Å². The Bertz CT molecular complexity index is 992. The van der Waals surface area contributed by atoms with Crippen molar-refractivity contribution in [2.24, 2.45) is 0 Å². The van der Waals surface area contributed by atoms with Gasteiger partial charge in [0.05, 0.1) is 18.7 Å². The number of carbonyl (C=O) groups is 3. The predicted molar refractivity (Wildman–Crippen MR) is 107 cm³/mol. The lowest BCUT2D eigenvalue weighted by atomic mass is 10.0. The summed E-state index contributed by atoms with van der Waals surface area (Å²) in [6.45, 7) is 1.03. The number of hydrogen-bond donors (Lipinski definition) is 2. The Morgan fingerprint density at radius 1 is 1.00 bits per heavy atom. The van der Waals surface area contributed by atoms with E-state index in [2.05, 4.69) is 10.6 Å². The number of esters is 1. The van der Waals surface area contributed by atoms with E-state index < -0.39 is 18.5 Å². The molecule has 7 nitrogen and oxygen atoms in total. The molecule has 0 fully saturated rings. The molecule has 7 heteroatoms. The average Bonchev–Trinajstić information content (AvgIpc) is 3.26. The van der Waals surface area contributed by atoms with Crippen LogP contribution in [0.5, 0.6) is 0 Å². The highest BCUT2D eigenvalue weighted by molar-refractivity contribution is 5.91. The summed E-state index contributed by atoms with van der Waals surface area (Å²) in [6, 6.07) is 16.7. The molecule has 2 amide bonds. The van der Waals surface area contributed by atoms with Gasteiger partial charge in [0.1, 0.15) is 12.3 Å². The highest BCUT2D eigenvalue weighted by Gasteiger charge is 2.14. The van der Waals surface area contributed by atoms with Crippen LogP contribution < -0.4 is 10.6 Å². The molecule has 2 N–H and O–H groups in total. The molecule has 2 aromatic carbocycles. The van der Waals surface area contributed by atoms with E-state index in [0.29, 0.717) is 5.76 Å². The Morgan fingerprint density at radius 2 is 1.79 bits per heavy atom. The van der Waals surface area contributed by atoms with Crippen molar-refractivity contribution in [1.82, 2.24) is 10.6 Å². The number of rotatable bonds is 8. The average molecular weight is 394 g/mol. The molecule has 0 aliphatic carbocycles. The van der Waals surface area contributed by atoms with Gasteiger partial charge in [0.2, 0.25) is 5.91 Å². The van der Waals surface area contributed by atoms with Crippen molar-refractivity contribution in [1.29, 1.82) is 0 Å². The van der Waals surface area contributed by atoms with Gasteiger partial charge in [0.15, 0.2) is 6.61 Å². The molecule has 0 saturated carbocycles. The highest BCUT2D eigenvalue weighted by Crippen LogP contribution is 2.18. The normalized spacial score (nSPS) is 11.6. The lowest BCUT2D eigenvalue weighted by Gasteiger charge is -2.12. The first kappa shape index (κ1) is 20.1. The molecule has 1 heterocycles. The predicted octanol–water partition coefficient (Wildman–Crippen LogP) is 2.51. The fraction of sp³-hybridized carbons (Fsp3) is 0.227. The third-order valence-corrected chi connectivity index (χ3v) is 4.37. The Kier molecular flexibility index (Phi) is 6.63. The molecule has 1 atom stereocenters. The fourth-order valence-corrected chi connectivity index (χ4v) is 2.94. The van der Waals surface area contributed by atoms with E-state index in [1.54, 1.807) is 19.1 Å². The lowest BCUT2D eigenvalue weighted by molar-refractivity contribution is -0.148. The standard InChI is InChI=1S/C22H22N2O5/c1-15(19-10-5-11-28-19)24-21(26)14-29-22(27)13-23-20(25)12-17-8-4-7-16-6-2-3-9-18(16)17/h2-11,15H,12-14H2,1H3,(H,23,25)(H,24,26)/t15-/m1/s1. The van der Waals surface area contributed by atoms with Crippen LogP contribution in [-0.4, -0.2) is 30.9 Å².